The third-order valence-electron chi connectivity index (χ3n) is 6.25. The molecule has 1 saturated heterocycles. The van der Waals surface area contributed by atoms with Crippen LogP contribution >= 0.6 is 11.3 Å². The molecule has 40 heavy (non-hydrogen) atoms. The van der Waals surface area contributed by atoms with Crippen LogP contribution in [0.5, 0.6) is 5.88 Å². The van der Waals surface area contributed by atoms with Crippen molar-refractivity contribution in [2.24, 2.45) is 0 Å². The summed E-state index contributed by atoms with van der Waals surface area (Å²) in [6, 6.07) is 6.58. The van der Waals surface area contributed by atoms with Crippen molar-refractivity contribution in [1.29, 1.82) is 0 Å². The number of fused-ring (bicyclic) bond motifs is 1. The van der Waals surface area contributed by atoms with Gasteiger partial charge in [0.05, 0.1) is 29.9 Å². The normalized spacial score (nSPS) is 14.5. The van der Waals surface area contributed by atoms with Crippen LogP contribution in [0.15, 0.2) is 42.7 Å². The lowest BCUT2D eigenvalue weighted by atomic mass is 10.0. The lowest BCUT2D eigenvalue weighted by Gasteiger charge is -2.33. The molecule has 4 aromatic rings. The molecule has 1 aromatic carbocycles. The average molecular weight is 571 g/mol. The van der Waals surface area contributed by atoms with Crippen LogP contribution in [0.2, 0.25) is 0 Å². The van der Waals surface area contributed by atoms with E-state index < -0.39 is 17.8 Å². The number of anilines is 2. The average Bonchev–Trinajstić information content (AvgIpc) is 3.55. The van der Waals surface area contributed by atoms with Crippen LogP contribution in [0.1, 0.15) is 21.7 Å². The van der Waals surface area contributed by atoms with Gasteiger partial charge in [0.15, 0.2) is 10.8 Å². The highest BCUT2D eigenvalue weighted by atomic mass is 32.1. The zero-order valence-electron chi connectivity index (χ0n) is 21.6. The number of hydrogen-bond donors (Lipinski definition) is 2. The van der Waals surface area contributed by atoms with E-state index in [4.69, 9.17) is 4.74 Å². The number of rotatable bonds is 5. The number of alkyl halides is 3. The van der Waals surface area contributed by atoms with Gasteiger partial charge in [-0.3, -0.25) is 10.2 Å². The van der Waals surface area contributed by atoms with Gasteiger partial charge < -0.3 is 15.0 Å². The summed E-state index contributed by atoms with van der Waals surface area (Å²) in [6.07, 6.45) is -1.49. The summed E-state index contributed by atoms with van der Waals surface area (Å²) < 4.78 is 48.2. The van der Waals surface area contributed by atoms with Crippen LogP contribution in [-0.2, 0) is 12.7 Å². The summed E-state index contributed by atoms with van der Waals surface area (Å²) in [7, 11) is 3.50. The van der Waals surface area contributed by atoms with Gasteiger partial charge in [-0.2, -0.15) is 13.2 Å². The number of carbonyl (C=O) groups is 1. The highest BCUT2D eigenvalue weighted by molar-refractivity contribution is 7.16. The number of carbonyl (C=O) groups excluding carboxylic acids is 1. The van der Waals surface area contributed by atoms with E-state index in [1.807, 2.05) is 11.9 Å². The molecule has 0 saturated carbocycles. The summed E-state index contributed by atoms with van der Waals surface area (Å²) in [4.78, 5) is 25.6. The number of ether oxygens (including phenoxy) is 1. The molecule has 208 valence electrons. The monoisotopic (exact) mass is 570 g/mol. The summed E-state index contributed by atoms with van der Waals surface area (Å²) in [5.74, 6) is 6.32. The van der Waals surface area contributed by atoms with Crippen LogP contribution in [0.25, 0.3) is 5.65 Å². The first-order chi connectivity index (χ1) is 19.2. The largest absolute Gasteiger partial charge is 0.480 e. The summed E-state index contributed by atoms with van der Waals surface area (Å²) in [5, 5.41) is 9.53. The second-order valence-corrected chi connectivity index (χ2v) is 10.1. The highest BCUT2D eigenvalue weighted by Gasteiger charge is 2.34. The number of amides is 2. The smallest absolute Gasteiger partial charge is 0.416 e. The van der Waals surface area contributed by atoms with Gasteiger partial charge in [-0.05, 0) is 42.7 Å². The fraction of sp³-hybridized carbons (Fsp3) is 0.308. The van der Waals surface area contributed by atoms with Gasteiger partial charge in [0.1, 0.15) is 5.69 Å². The number of urea groups is 1. The molecule has 0 unspecified atom stereocenters. The number of halogens is 3. The van der Waals surface area contributed by atoms with Crippen molar-refractivity contribution >= 4 is 33.8 Å². The number of benzene rings is 1. The number of thiazole rings is 1. The molecule has 1 aliphatic heterocycles. The molecule has 2 N–H and O–H groups in total. The van der Waals surface area contributed by atoms with Crippen LogP contribution < -0.4 is 15.4 Å². The molecule has 3 aromatic heterocycles. The molecule has 0 atom stereocenters. The maximum absolute atomic E-state index is 13.8. The number of aromatic nitrogens is 4. The molecule has 0 aliphatic carbocycles. The number of imidazole rings is 1. The Morgan fingerprint density at radius 2 is 1.88 bits per heavy atom. The molecule has 0 radical (unpaired) electrons. The van der Waals surface area contributed by atoms with E-state index >= 15 is 0 Å². The lowest BCUT2D eigenvalue weighted by Crippen LogP contribution is -2.44. The Morgan fingerprint density at radius 1 is 1.07 bits per heavy atom. The van der Waals surface area contributed by atoms with Gasteiger partial charge >= 0.3 is 12.2 Å². The fourth-order valence-corrected chi connectivity index (χ4v) is 4.79. The van der Waals surface area contributed by atoms with Gasteiger partial charge in [-0.25, -0.2) is 19.3 Å². The summed E-state index contributed by atoms with van der Waals surface area (Å²) in [5.41, 5.74) is 0.570. The van der Waals surface area contributed by atoms with Crippen molar-refractivity contribution in [2.45, 2.75) is 12.7 Å². The van der Waals surface area contributed by atoms with Gasteiger partial charge in [-0.1, -0.05) is 17.4 Å². The SMILES string of the molecule is COc1ccc2ncc(C#Cc3cnc(NC(=O)Nc4ccc(CN5CCN(C)CC5)c(C(F)(F)F)c4)s3)n2n1. The van der Waals surface area contributed by atoms with E-state index in [1.165, 1.54) is 25.4 Å². The molecule has 0 spiro atoms. The highest BCUT2D eigenvalue weighted by Crippen LogP contribution is 2.34. The van der Waals surface area contributed by atoms with Crippen molar-refractivity contribution < 1.29 is 22.7 Å². The second-order valence-electron chi connectivity index (χ2n) is 9.10. The summed E-state index contributed by atoms with van der Waals surface area (Å²) in [6.45, 7) is 3.19. The Kier molecular flexibility index (Phi) is 7.88. The minimum atomic E-state index is -4.56. The van der Waals surface area contributed by atoms with Crippen LogP contribution in [0.3, 0.4) is 0 Å². The fourth-order valence-electron chi connectivity index (χ4n) is 4.13. The molecule has 2 amide bonds. The molecular weight excluding hydrogens is 545 g/mol. The molecule has 4 heterocycles. The second kappa shape index (κ2) is 11.5. The Hall–Kier alpha value is -4.19. The maximum atomic E-state index is 13.8. The van der Waals surface area contributed by atoms with E-state index in [9.17, 15) is 18.0 Å². The number of hydrogen-bond acceptors (Lipinski definition) is 8. The molecule has 5 rings (SSSR count). The first-order valence-corrected chi connectivity index (χ1v) is 13.1. The van der Waals surface area contributed by atoms with Crippen LogP contribution in [-0.4, -0.2) is 75.7 Å². The lowest BCUT2D eigenvalue weighted by molar-refractivity contribution is -0.138. The Labute approximate surface area is 231 Å². The Balaban J connectivity index is 1.24. The maximum Gasteiger partial charge on any atom is 0.416 e. The van der Waals surface area contributed by atoms with Crippen molar-refractivity contribution in [3.05, 3.63) is 64.4 Å². The molecule has 14 heteroatoms. The Bertz CT molecular complexity index is 1580. The predicted octanol–water partition coefficient (Wildman–Crippen LogP) is 4.00. The van der Waals surface area contributed by atoms with E-state index in [-0.39, 0.29) is 22.9 Å². The zero-order valence-corrected chi connectivity index (χ0v) is 22.4. The molecule has 1 fully saturated rings. The quantitative estimate of drug-likeness (QED) is 0.350. The summed E-state index contributed by atoms with van der Waals surface area (Å²) >= 11 is 1.12. The molecule has 0 bridgehead atoms. The van der Waals surface area contributed by atoms with Gasteiger partial charge in [0, 0.05) is 44.5 Å². The van der Waals surface area contributed by atoms with E-state index in [0.29, 0.717) is 35.2 Å². The van der Waals surface area contributed by atoms with Crippen molar-refractivity contribution in [3.8, 4) is 17.7 Å². The number of piperazine rings is 1. The molecular formula is C26H25F3N8O2S. The predicted molar refractivity (Wildman–Crippen MR) is 144 cm³/mol. The number of nitrogens with zero attached hydrogens (tertiary/aromatic N) is 6. The number of nitrogens with one attached hydrogen (secondary N) is 2. The van der Waals surface area contributed by atoms with Crippen molar-refractivity contribution in [2.75, 3.05) is 51.0 Å². The topological polar surface area (TPSA) is 99.9 Å². The van der Waals surface area contributed by atoms with E-state index in [2.05, 4.69) is 42.4 Å². The first kappa shape index (κ1) is 27.4. The standard InChI is InChI=1S/C26H25F3N8O2S/c1-35-9-11-36(12-10-35)16-17-3-4-18(13-21(17)26(27,28)29)32-24(38)33-25-31-15-20(40-25)6-5-19-14-30-22-7-8-23(39-2)34-37(19)22/h3-4,7-8,13-15H,9-12,16H2,1-2H3,(H2,31,32,33,38). The van der Waals surface area contributed by atoms with Crippen LogP contribution in [0.4, 0.5) is 28.8 Å². The first-order valence-electron chi connectivity index (χ1n) is 12.2. The Morgan fingerprint density at radius 3 is 2.62 bits per heavy atom. The number of methoxy groups -OCH3 is 1. The third kappa shape index (κ3) is 6.50. The third-order valence-corrected chi connectivity index (χ3v) is 7.08. The van der Waals surface area contributed by atoms with Crippen molar-refractivity contribution in [1.82, 2.24) is 29.4 Å². The van der Waals surface area contributed by atoms with Gasteiger partial charge in [-0.15, -0.1) is 5.10 Å². The number of likely N-dealkylation sites (N-methyl/N-ethyl adjacent to an activating group) is 1. The van der Waals surface area contributed by atoms with Crippen molar-refractivity contribution in [3.63, 3.8) is 0 Å². The zero-order chi connectivity index (χ0) is 28.3. The minimum absolute atomic E-state index is 0.0269. The molecule has 10 nitrogen and oxygen atoms in total. The van der Waals surface area contributed by atoms with Crippen LogP contribution in [0, 0.1) is 11.8 Å². The molecule has 1 aliphatic rings. The van der Waals surface area contributed by atoms with Gasteiger partial charge in [0.2, 0.25) is 5.88 Å². The minimum Gasteiger partial charge on any atom is -0.480 e. The van der Waals surface area contributed by atoms with Gasteiger partial charge in [0.25, 0.3) is 0 Å². The van der Waals surface area contributed by atoms with E-state index in [0.717, 1.165) is 30.5 Å². The van der Waals surface area contributed by atoms with E-state index in [1.54, 1.807) is 22.8 Å².